The molecule has 0 spiro atoms. The van der Waals surface area contributed by atoms with E-state index in [1.54, 1.807) is 12.4 Å². The molecule has 7 atom stereocenters. The molecule has 2 unspecified atom stereocenters. The molecule has 218 valence electrons. The van der Waals surface area contributed by atoms with E-state index in [-0.39, 0.29) is 11.8 Å². The minimum atomic E-state index is -1.70. The highest BCUT2D eigenvalue weighted by Gasteiger charge is 2.56. The molecule has 0 radical (unpaired) electrons. The van der Waals surface area contributed by atoms with E-state index in [9.17, 15) is 24.0 Å². The van der Waals surface area contributed by atoms with E-state index in [1.165, 1.54) is 4.90 Å². The molecule has 1 aliphatic carbocycles. The fourth-order valence-electron chi connectivity index (χ4n) is 5.80. The highest BCUT2D eigenvalue weighted by Crippen LogP contribution is 2.47. The Morgan fingerprint density at radius 1 is 0.780 bits per heavy atom. The van der Waals surface area contributed by atoms with Crippen molar-refractivity contribution >= 4 is 41.0 Å². The molecule has 2 aromatic rings. The van der Waals surface area contributed by atoms with E-state index in [0.29, 0.717) is 13.1 Å². The number of piperidine rings is 1. The zero-order chi connectivity index (χ0) is 29.4. The third-order valence-electron chi connectivity index (χ3n) is 7.31. The summed E-state index contributed by atoms with van der Waals surface area (Å²) in [6, 6.07) is 4.00. The highest BCUT2D eigenvalue weighted by molar-refractivity contribution is 5.78. The van der Waals surface area contributed by atoms with Crippen LogP contribution >= 0.6 is 0 Å². The molecule has 1 aromatic carbocycles. The number of hydrogen-bond acceptors (Lipinski definition) is 13. The van der Waals surface area contributed by atoms with Gasteiger partial charge in [-0.05, 0) is 29.7 Å². The molecule has 0 saturated carbocycles. The third-order valence-corrected chi connectivity index (χ3v) is 7.31. The minimum absolute atomic E-state index is 0.0317. The van der Waals surface area contributed by atoms with Crippen LogP contribution in [0.3, 0.4) is 0 Å². The van der Waals surface area contributed by atoms with Gasteiger partial charge in [0.2, 0.25) is 12.4 Å². The van der Waals surface area contributed by atoms with E-state index >= 15 is 0 Å². The van der Waals surface area contributed by atoms with Crippen molar-refractivity contribution < 1.29 is 52.4 Å². The van der Waals surface area contributed by atoms with Crippen LogP contribution in [0.1, 0.15) is 50.2 Å². The van der Waals surface area contributed by atoms with Gasteiger partial charge in [0.1, 0.15) is 0 Å². The number of nitrogens with zero attached hydrogens (tertiary/aromatic N) is 3. The first-order chi connectivity index (χ1) is 19.5. The van der Waals surface area contributed by atoms with Crippen molar-refractivity contribution in [3.8, 4) is 0 Å². The number of hydrogen-bond donors (Lipinski definition) is 0. The van der Waals surface area contributed by atoms with E-state index < -0.39 is 60.7 Å². The van der Waals surface area contributed by atoms with Crippen LogP contribution in [0.5, 0.6) is 0 Å². The molecule has 3 heterocycles. The SMILES string of the molecule is COC(=O)[C@H]1O[C@@H](OC(=O)N2CC3CC(C2)c2cc4nccnc4cc23)[C@H](OC(C)=O)[C@@H](OC(C)=O)[C@@H]1OC(C)=O. The molecule has 2 fully saturated rings. The van der Waals surface area contributed by atoms with Crippen molar-refractivity contribution in [2.75, 3.05) is 20.2 Å². The van der Waals surface area contributed by atoms with Crippen LogP contribution in [-0.4, -0.2) is 95.7 Å². The van der Waals surface area contributed by atoms with Gasteiger partial charge in [-0.2, -0.15) is 0 Å². The van der Waals surface area contributed by atoms with Crippen molar-refractivity contribution in [2.24, 2.45) is 0 Å². The molecular weight excluding hydrogens is 542 g/mol. The van der Waals surface area contributed by atoms with Crippen LogP contribution in [0.4, 0.5) is 4.79 Å². The molecule has 1 aromatic heterocycles. The zero-order valence-corrected chi connectivity index (χ0v) is 22.8. The lowest BCUT2D eigenvalue weighted by molar-refractivity contribution is -0.289. The first kappa shape index (κ1) is 28.2. The number of esters is 4. The summed E-state index contributed by atoms with van der Waals surface area (Å²) in [6.45, 7) is 3.91. The molecule has 14 heteroatoms. The predicted molar refractivity (Wildman–Crippen MR) is 135 cm³/mol. The number of amides is 1. The lowest BCUT2D eigenvalue weighted by Crippen LogP contribution is -2.64. The van der Waals surface area contributed by atoms with Crippen molar-refractivity contribution in [3.63, 3.8) is 0 Å². The Bertz CT molecular complexity index is 1350. The summed E-state index contributed by atoms with van der Waals surface area (Å²) in [5, 5.41) is 0. The molecule has 5 rings (SSSR count). The molecule has 2 bridgehead atoms. The Hall–Kier alpha value is -4.33. The standard InChI is InChI=1S/C27H29N3O11/c1-12(31)37-21-22(38-13(2)32)24(39-14(3)33)26(40-23(21)25(34)36-4)41-27(35)30-10-15-7-16(11-30)18-9-20-19(8-17(15)18)28-5-6-29-20/h5-6,8-9,15-16,21-24,26H,7,10-11H2,1-4H3/t15?,16?,21-,22-,23-,24+,26-/m0/s1. The maximum Gasteiger partial charge on any atom is 0.412 e. The van der Waals surface area contributed by atoms with E-state index in [4.69, 9.17) is 28.4 Å². The monoisotopic (exact) mass is 571 g/mol. The number of carbonyl (C=O) groups is 5. The number of aromatic nitrogens is 2. The van der Waals surface area contributed by atoms with Crippen LogP contribution in [0.25, 0.3) is 11.0 Å². The lowest BCUT2D eigenvalue weighted by atomic mass is 9.96. The second kappa shape index (κ2) is 11.3. The van der Waals surface area contributed by atoms with Gasteiger partial charge < -0.3 is 33.3 Å². The van der Waals surface area contributed by atoms with E-state index in [1.807, 2.05) is 12.1 Å². The first-order valence-corrected chi connectivity index (χ1v) is 13.0. The quantitative estimate of drug-likeness (QED) is 0.372. The van der Waals surface area contributed by atoms with Gasteiger partial charge in [0.15, 0.2) is 18.3 Å². The fourth-order valence-corrected chi connectivity index (χ4v) is 5.80. The van der Waals surface area contributed by atoms with E-state index in [2.05, 4.69) is 9.97 Å². The summed E-state index contributed by atoms with van der Waals surface area (Å²) < 4.78 is 32.0. The summed E-state index contributed by atoms with van der Waals surface area (Å²) in [7, 11) is 1.08. The van der Waals surface area contributed by atoms with E-state index in [0.717, 1.165) is 56.5 Å². The summed E-state index contributed by atoms with van der Waals surface area (Å²) >= 11 is 0. The molecule has 1 amide bonds. The smallest absolute Gasteiger partial charge is 0.412 e. The average Bonchev–Trinajstić information content (AvgIpc) is 3.17. The minimum Gasteiger partial charge on any atom is -0.467 e. The van der Waals surface area contributed by atoms with Gasteiger partial charge in [0, 0.05) is 58.1 Å². The van der Waals surface area contributed by atoms with Crippen LogP contribution in [0, 0.1) is 0 Å². The van der Waals surface area contributed by atoms with Crippen molar-refractivity contribution in [1.82, 2.24) is 14.9 Å². The Morgan fingerprint density at radius 3 is 1.80 bits per heavy atom. The fraction of sp³-hybridized carbons (Fsp3) is 0.519. The highest BCUT2D eigenvalue weighted by atomic mass is 16.8. The second-order valence-electron chi connectivity index (χ2n) is 10.1. The molecular formula is C27H29N3O11. The topological polar surface area (TPSA) is 170 Å². The number of rotatable bonds is 5. The summed E-state index contributed by atoms with van der Waals surface area (Å²) in [5.74, 6) is -3.41. The van der Waals surface area contributed by atoms with Crippen LogP contribution in [0.2, 0.25) is 0 Å². The van der Waals surface area contributed by atoms with Gasteiger partial charge in [-0.3, -0.25) is 24.4 Å². The second-order valence-corrected chi connectivity index (χ2v) is 10.1. The zero-order valence-electron chi connectivity index (χ0n) is 22.8. The Labute approximate surface area is 234 Å². The van der Waals surface area contributed by atoms with Crippen LogP contribution in [-0.2, 0) is 47.6 Å². The van der Waals surface area contributed by atoms with Gasteiger partial charge in [-0.1, -0.05) is 0 Å². The number of likely N-dealkylation sites (tertiary alicyclic amines) is 1. The number of fused-ring (bicyclic) bond motifs is 6. The number of methoxy groups -OCH3 is 1. The molecule has 0 N–H and O–H groups in total. The normalized spacial score (nSPS) is 28.3. The maximum absolute atomic E-state index is 13.5. The third kappa shape index (κ3) is 5.64. The Morgan fingerprint density at radius 2 is 1.29 bits per heavy atom. The first-order valence-electron chi connectivity index (χ1n) is 13.0. The molecule has 3 aliphatic rings. The largest absolute Gasteiger partial charge is 0.467 e. The van der Waals surface area contributed by atoms with Gasteiger partial charge in [-0.15, -0.1) is 0 Å². The molecule has 2 aliphatic heterocycles. The van der Waals surface area contributed by atoms with Crippen molar-refractivity contribution in [2.45, 2.75) is 69.7 Å². The molecule has 41 heavy (non-hydrogen) atoms. The molecule has 14 nitrogen and oxygen atoms in total. The summed E-state index contributed by atoms with van der Waals surface area (Å²) in [4.78, 5) is 72.2. The summed E-state index contributed by atoms with van der Waals surface area (Å²) in [6.07, 6.45) is -4.74. The van der Waals surface area contributed by atoms with Crippen LogP contribution < -0.4 is 0 Å². The van der Waals surface area contributed by atoms with Gasteiger partial charge in [-0.25, -0.2) is 9.59 Å². The predicted octanol–water partition coefficient (Wildman–Crippen LogP) is 1.35. The maximum atomic E-state index is 13.5. The Balaban J connectivity index is 1.40. The van der Waals surface area contributed by atoms with Crippen molar-refractivity contribution in [3.05, 3.63) is 35.7 Å². The van der Waals surface area contributed by atoms with Gasteiger partial charge in [0.25, 0.3) is 0 Å². The van der Waals surface area contributed by atoms with Crippen molar-refractivity contribution in [1.29, 1.82) is 0 Å². The van der Waals surface area contributed by atoms with Gasteiger partial charge >= 0.3 is 30.0 Å². The van der Waals surface area contributed by atoms with Crippen LogP contribution in [0.15, 0.2) is 24.5 Å². The Kier molecular flexibility index (Phi) is 7.76. The average molecular weight is 572 g/mol. The van der Waals surface area contributed by atoms with Gasteiger partial charge in [0.05, 0.1) is 18.1 Å². The molecule has 2 saturated heterocycles. The summed E-state index contributed by atoms with van der Waals surface area (Å²) in [5.41, 5.74) is 3.71. The number of benzene rings is 1. The number of carbonyl (C=O) groups excluding carboxylic acids is 5. The number of ether oxygens (including phenoxy) is 6. The lowest BCUT2D eigenvalue weighted by Gasteiger charge is -2.43.